The molecular formula is C21H20O4. The van der Waals surface area contributed by atoms with Gasteiger partial charge in [0.2, 0.25) is 0 Å². The van der Waals surface area contributed by atoms with E-state index in [9.17, 15) is 4.79 Å². The van der Waals surface area contributed by atoms with E-state index in [1.807, 2.05) is 61.5 Å². The van der Waals surface area contributed by atoms with Crippen LogP contribution in [0, 0.1) is 0 Å². The van der Waals surface area contributed by atoms with Gasteiger partial charge in [-0.1, -0.05) is 36.9 Å². The molecular weight excluding hydrogens is 316 g/mol. The van der Waals surface area contributed by atoms with Crippen molar-refractivity contribution in [2.24, 2.45) is 0 Å². The Morgan fingerprint density at radius 2 is 1.68 bits per heavy atom. The highest BCUT2D eigenvalue weighted by molar-refractivity contribution is 6.03. The minimum Gasteiger partial charge on any atom is -0.497 e. The number of benzene rings is 2. The van der Waals surface area contributed by atoms with Crippen molar-refractivity contribution in [2.45, 2.75) is 12.5 Å². The second kappa shape index (κ2) is 6.48. The van der Waals surface area contributed by atoms with Crippen molar-refractivity contribution in [2.75, 3.05) is 14.2 Å². The maximum Gasteiger partial charge on any atom is 0.342 e. The quantitative estimate of drug-likeness (QED) is 0.789. The first kappa shape index (κ1) is 16.8. The van der Waals surface area contributed by atoms with Crippen LogP contribution in [-0.2, 0) is 19.9 Å². The maximum absolute atomic E-state index is 12.4. The lowest BCUT2D eigenvalue weighted by Crippen LogP contribution is -2.24. The summed E-state index contributed by atoms with van der Waals surface area (Å²) in [4.78, 5) is 12.4. The zero-order valence-electron chi connectivity index (χ0n) is 14.5. The third-order valence-corrected chi connectivity index (χ3v) is 4.48. The number of hydrogen-bond donors (Lipinski definition) is 0. The monoisotopic (exact) mass is 336 g/mol. The summed E-state index contributed by atoms with van der Waals surface area (Å²) in [6, 6.07) is 17.0. The van der Waals surface area contributed by atoms with Gasteiger partial charge >= 0.3 is 5.97 Å². The number of esters is 1. The van der Waals surface area contributed by atoms with Crippen molar-refractivity contribution < 1.29 is 19.0 Å². The minimum absolute atomic E-state index is 0.360. The van der Waals surface area contributed by atoms with E-state index in [4.69, 9.17) is 14.2 Å². The van der Waals surface area contributed by atoms with Gasteiger partial charge in [-0.05, 0) is 36.8 Å². The van der Waals surface area contributed by atoms with Crippen LogP contribution in [0.5, 0.6) is 5.75 Å². The molecule has 1 heterocycles. The summed E-state index contributed by atoms with van der Waals surface area (Å²) in [7, 11) is 2.96. The summed E-state index contributed by atoms with van der Waals surface area (Å²) < 4.78 is 16.4. The fourth-order valence-corrected chi connectivity index (χ4v) is 2.95. The van der Waals surface area contributed by atoms with E-state index in [2.05, 4.69) is 6.58 Å². The van der Waals surface area contributed by atoms with Crippen molar-refractivity contribution in [1.82, 2.24) is 0 Å². The summed E-state index contributed by atoms with van der Waals surface area (Å²) >= 11 is 0. The Hall–Kier alpha value is -3.01. The zero-order chi connectivity index (χ0) is 18.0. The van der Waals surface area contributed by atoms with Gasteiger partial charge in [0.25, 0.3) is 0 Å². The molecule has 0 fully saturated rings. The van der Waals surface area contributed by atoms with Gasteiger partial charge in [0.05, 0.1) is 14.2 Å². The third kappa shape index (κ3) is 2.80. The lowest BCUT2D eigenvalue weighted by molar-refractivity contribution is -0.135. The second-order valence-corrected chi connectivity index (χ2v) is 5.90. The SMILES string of the molecule is C=C1C(C(=O)OC)=C(c2ccc(OC)cc2)O[C@@]1(C)c1ccccc1. The van der Waals surface area contributed by atoms with Crippen LogP contribution in [0.25, 0.3) is 5.76 Å². The third-order valence-electron chi connectivity index (χ3n) is 4.48. The average Bonchev–Trinajstić information content (AvgIpc) is 2.94. The van der Waals surface area contributed by atoms with Crippen molar-refractivity contribution >= 4 is 11.7 Å². The average molecular weight is 336 g/mol. The van der Waals surface area contributed by atoms with Gasteiger partial charge in [0.15, 0.2) is 5.60 Å². The maximum atomic E-state index is 12.4. The van der Waals surface area contributed by atoms with Crippen LogP contribution in [0.15, 0.2) is 72.3 Å². The molecule has 0 radical (unpaired) electrons. The molecule has 0 saturated carbocycles. The van der Waals surface area contributed by atoms with E-state index in [1.165, 1.54) is 7.11 Å². The molecule has 0 amide bonds. The van der Waals surface area contributed by atoms with Gasteiger partial charge in [-0.15, -0.1) is 0 Å². The molecule has 25 heavy (non-hydrogen) atoms. The molecule has 0 unspecified atom stereocenters. The van der Waals surface area contributed by atoms with Crippen molar-refractivity contribution in [3.63, 3.8) is 0 Å². The van der Waals surface area contributed by atoms with E-state index < -0.39 is 11.6 Å². The molecule has 0 N–H and O–H groups in total. The highest BCUT2D eigenvalue weighted by Gasteiger charge is 2.45. The predicted molar refractivity (Wildman–Crippen MR) is 95.9 cm³/mol. The first-order valence-electron chi connectivity index (χ1n) is 7.92. The van der Waals surface area contributed by atoms with Crippen LogP contribution in [-0.4, -0.2) is 20.2 Å². The summed E-state index contributed by atoms with van der Waals surface area (Å²) in [6.45, 7) is 6.04. The highest BCUT2D eigenvalue weighted by atomic mass is 16.5. The molecule has 2 aromatic carbocycles. The minimum atomic E-state index is -0.833. The normalized spacial score (nSPS) is 19.6. The second-order valence-electron chi connectivity index (χ2n) is 5.90. The summed E-state index contributed by atoms with van der Waals surface area (Å²) in [6.07, 6.45) is 0. The van der Waals surface area contributed by atoms with E-state index in [0.29, 0.717) is 16.9 Å². The topological polar surface area (TPSA) is 44.8 Å². The molecule has 2 aromatic rings. The zero-order valence-corrected chi connectivity index (χ0v) is 14.5. The number of rotatable bonds is 4. The van der Waals surface area contributed by atoms with Crippen molar-refractivity contribution in [3.8, 4) is 5.75 Å². The molecule has 4 nitrogen and oxygen atoms in total. The number of carbonyl (C=O) groups excluding carboxylic acids is 1. The number of carbonyl (C=O) groups is 1. The van der Waals surface area contributed by atoms with Gasteiger partial charge in [-0.2, -0.15) is 0 Å². The largest absolute Gasteiger partial charge is 0.497 e. The first-order valence-corrected chi connectivity index (χ1v) is 7.92. The van der Waals surface area contributed by atoms with Crippen LogP contribution < -0.4 is 4.74 Å². The number of hydrogen-bond acceptors (Lipinski definition) is 4. The Kier molecular flexibility index (Phi) is 4.36. The first-order chi connectivity index (χ1) is 12.0. The molecule has 4 heteroatoms. The smallest absolute Gasteiger partial charge is 0.342 e. The lowest BCUT2D eigenvalue weighted by Gasteiger charge is -2.27. The molecule has 0 bridgehead atoms. The fraction of sp³-hybridized carbons (Fsp3) is 0.190. The number of methoxy groups -OCH3 is 2. The Morgan fingerprint density at radius 3 is 2.24 bits per heavy atom. The van der Waals surface area contributed by atoms with Gasteiger partial charge < -0.3 is 14.2 Å². The predicted octanol–water partition coefficient (Wildman–Crippen LogP) is 4.08. The van der Waals surface area contributed by atoms with Crippen LogP contribution in [0.1, 0.15) is 18.1 Å². The van der Waals surface area contributed by atoms with Gasteiger partial charge in [0, 0.05) is 11.1 Å². The Labute approximate surface area is 147 Å². The van der Waals surface area contributed by atoms with Crippen LogP contribution in [0.3, 0.4) is 0 Å². The van der Waals surface area contributed by atoms with Crippen LogP contribution in [0.4, 0.5) is 0 Å². The standard InChI is InChI=1S/C21H20O4/c1-14-18(20(22)24-4)19(15-10-12-17(23-3)13-11-15)25-21(14,2)16-8-6-5-7-9-16/h5-13H,1H2,2-4H3/t21-/m1/s1. The molecule has 0 saturated heterocycles. The van der Waals surface area contributed by atoms with Gasteiger partial charge in [-0.25, -0.2) is 4.79 Å². The summed E-state index contributed by atoms with van der Waals surface area (Å²) in [5, 5.41) is 0. The van der Waals surface area contributed by atoms with E-state index in [1.54, 1.807) is 7.11 Å². The molecule has 0 spiro atoms. The molecule has 0 aromatic heterocycles. The number of ether oxygens (including phenoxy) is 3. The molecule has 128 valence electrons. The fourth-order valence-electron chi connectivity index (χ4n) is 2.95. The molecule has 1 aliphatic heterocycles. The van der Waals surface area contributed by atoms with Gasteiger partial charge in [0.1, 0.15) is 17.1 Å². The lowest BCUT2D eigenvalue weighted by atomic mass is 9.86. The highest BCUT2D eigenvalue weighted by Crippen LogP contribution is 2.48. The van der Waals surface area contributed by atoms with E-state index in [0.717, 1.165) is 16.9 Å². The van der Waals surface area contributed by atoms with Gasteiger partial charge in [-0.3, -0.25) is 0 Å². The summed E-state index contributed by atoms with van der Waals surface area (Å²) in [5.41, 5.74) is 1.79. The molecule has 3 rings (SSSR count). The van der Waals surface area contributed by atoms with Crippen LogP contribution >= 0.6 is 0 Å². The van der Waals surface area contributed by atoms with E-state index in [-0.39, 0.29) is 0 Å². The van der Waals surface area contributed by atoms with Crippen molar-refractivity contribution in [1.29, 1.82) is 0 Å². The Bertz CT molecular complexity index is 834. The summed E-state index contributed by atoms with van der Waals surface area (Å²) in [5.74, 6) is 0.730. The van der Waals surface area contributed by atoms with Crippen molar-refractivity contribution in [3.05, 3.63) is 83.4 Å². The molecule has 1 aliphatic rings. The molecule has 0 aliphatic carbocycles. The Morgan fingerprint density at radius 1 is 1.04 bits per heavy atom. The Balaban J connectivity index is 2.10. The van der Waals surface area contributed by atoms with Crippen LogP contribution in [0.2, 0.25) is 0 Å². The van der Waals surface area contributed by atoms with E-state index >= 15 is 0 Å². The molecule has 1 atom stereocenters.